The number of nitrogens with zero attached hydrogens (tertiary/aromatic N) is 2. The minimum atomic E-state index is 0.611. The predicted molar refractivity (Wildman–Crippen MR) is 137 cm³/mol. The lowest BCUT2D eigenvalue weighted by Crippen LogP contribution is -2.59. The Bertz CT molecular complexity index is 866. The topological polar surface area (TPSA) is 43.7 Å². The highest BCUT2D eigenvalue weighted by molar-refractivity contribution is 7.80. The average molecular weight is 467 g/mol. The van der Waals surface area contributed by atoms with Crippen LogP contribution in [0.3, 0.4) is 0 Å². The lowest BCUT2D eigenvalue weighted by molar-refractivity contribution is -0.0142. The van der Waals surface area contributed by atoms with Crippen LogP contribution < -0.4 is 10.6 Å². The molecule has 4 saturated heterocycles. The van der Waals surface area contributed by atoms with E-state index in [1.165, 1.54) is 70.4 Å². The van der Waals surface area contributed by atoms with E-state index >= 15 is 0 Å². The maximum absolute atomic E-state index is 5.47. The Labute approximate surface area is 203 Å². The van der Waals surface area contributed by atoms with Crippen molar-refractivity contribution in [2.45, 2.75) is 44.7 Å². The van der Waals surface area contributed by atoms with E-state index < -0.39 is 0 Å². The summed E-state index contributed by atoms with van der Waals surface area (Å²) in [4.78, 5) is 5.48. The number of hydrogen-bond acceptors (Lipinski definition) is 4. The van der Waals surface area contributed by atoms with Gasteiger partial charge in [0, 0.05) is 25.7 Å². The largest absolute Gasteiger partial charge is 0.467 e. The molecule has 4 aliphatic heterocycles. The van der Waals surface area contributed by atoms with Crippen molar-refractivity contribution in [2.24, 2.45) is 17.8 Å². The maximum atomic E-state index is 5.47. The zero-order chi connectivity index (χ0) is 22.5. The number of furan rings is 1. The first-order valence-electron chi connectivity index (χ1n) is 12.8. The van der Waals surface area contributed by atoms with Gasteiger partial charge < -0.3 is 20.0 Å². The Morgan fingerprint density at radius 2 is 1.85 bits per heavy atom. The SMILES string of the molecule is S=C(NCc1ccco1)NC[C@H]1C[C@@H]2CCN1C[C@H]2CN1CCC(Cc2ccccc2)CC1. The fourth-order valence-corrected chi connectivity index (χ4v) is 6.33. The molecule has 178 valence electrons. The van der Waals surface area contributed by atoms with E-state index in [1.807, 2.05) is 12.1 Å². The fourth-order valence-electron chi connectivity index (χ4n) is 6.17. The van der Waals surface area contributed by atoms with Gasteiger partial charge >= 0.3 is 0 Å². The summed E-state index contributed by atoms with van der Waals surface area (Å²) in [6.07, 6.45) is 8.33. The van der Waals surface area contributed by atoms with Crippen LogP contribution >= 0.6 is 12.2 Å². The molecule has 0 spiro atoms. The lowest BCUT2D eigenvalue weighted by Gasteiger charge is -2.51. The Kier molecular flexibility index (Phi) is 7.64. The van der Waals surface area contributed by atoms with Gasteiger partial charge in [-0.1, -0.05) is 30.3 Å². The predicted octanol–water partition coefficient (Wildman–Crippen LogP) is 3.91. The van der Waals surface area contributed by atoms with E-state index in [-0.39, 0.29) is 0 Å². The maximum Gasteiger partial charge on any atom is 0.166 e. The van der Waals surface area contributed by atoms with Gasteiger partial charge in [0.15, 0.2) is 5.11 Å². The summed E-state index contributed by atoms with van der Waals surface area (Å²) in [5, 5.41) is 7.42. The van der Waals surface area contributed by atoms with Crippen LogP contribution in [-0.2, 0) is 13.0 Å². The Morgan fingerprint density at radius 1 is 1.00 bits per heavy atom. The molecule has 4 atom stereocenters. The van der Waals surface area contributed by atoms with Crippen LogP contribution in [-0.4, -0.2) is 60.2 Å². The van der Waals surface area contributed by atoms with E-state index in [2.05, 4.69) is 50.8 Å². The van der Waals surface area contributed by atoms with E-state index in [9.17, 15) is 0 Å². The summed E-state index contributed by atoms with van der Waals surface area (Å²) in [7, 11) is 0. The molecule has 5 nitrogen and oxygen atoms in total. The summed E-state index contributed by atoms with van der Waals surface area (Å²) in [5.74, 6) is 3.47. The van der Waals surface area contributed by atoms with Crippen LogP contribution in [0.15, 0.2) is 53.1 Å². The summed E-state index contributed by atoms with van der Waals surface area (Å²) in [5.41, 5.74) is 1.50. The van der Waals surface area contributed by atoms with Gasteiger partial charge in [-0.2, -0.15) is 0 Å². The van der Waals surface area contributed by atoms with Crippen LogP contribution in [0.4, 0.5) is 0 Å². The van der Waals surface area contributed by atoms with Crippen LogP contribution in [0.5, 0.6) is 0 Å². The molecule has 4 fully saturated rings. The molecular weight excluding hydrogens is 428 g/mol. The normalized spacial score (nSPS) is 28.0. The van der Waals surface area contributed by atoms with Gasteiger partial charge in [-0.05, 0) is 99.4 Å². The van der Waals surface area contributed by atoms with E-state index in [0.29, 0.717) is 12.6 Å². The number of likely N-dealkylation sites (tertiary alicyclic amines) is 1. The highest BCUT2D eigenvalue weighted by Crippen LogP contribution is 2.37. The first-order valence-corrected chi connectivity index (χ1v) is 13.2. The van der Waals surface area contributed by atoms with E-state index in [0.717, 1.165) is 35.2 Å². The number of fused-ring (bicyclic) bond motifs is 3. The standard InChI is InChI=1S/C27H38N4OS/c33-27(29-18-26-7-4-14-32-26)28-17-25-16-23-10-13-31(25)20-24(23)19-30-11-8-22(9-12-30)15-21-5-2-1-3-6-21/h1-7,14,22-25H,8-13,15-20H2,(H2,28,29,33)/t23-,24+,25+/m0/s1. The van der Waals surface area contributed by atoms with Gasteiger partial charge in [0.05, 0.1) is 12.8 Å². The molecular formula is C27H38N4OS. The second-order valence-electron chi connectivity index (χ2n) is 10.3. The van der Waals surface area contributed by atoms with Crippen molar-refractivity contribution in [2.75, 3.05) is 39.3 Å². The van der Waals surface area contributed by atoms with Gasteiger partial charge in [0.25, 0.3) is 0 Å². The second-order valence-corrected chi connectivity index (χ2v) is 10.7. The molecule has 1 aromatic carbocycles. The molecule has 1 aromatic heterocycles. The van der Waals surface area contributed by atoms with Gasteiger partial charge in [-0.25, -0.2) is 0 Å². The minimum Gasteiger partial charge on any atom is -0.467 e. The zero-order valence-electron chi connectivity index (χ0n) is 19.6. The molecule has 6 rings (SSSR count). The van der Waals surface area contributed by atoms with Crippen molar-refractivity contribution in [3.05, 3.63) is 60.1 Å². The molecule has 6 heteroatoms. The highest BCUT2D eigenvalue weighted by atomic mass is 32.1. The zero-order valence-corrected chi connectivity index (χ0v) is 20.4. The van der Waals surface area contributed by atoms with Crippen molar-refractivity contribution in [1.82, 2.24) is 20.4 Å². The minimum absolute atomic E-state index is 0.611. The quantitative estimate of drug-likeness (QED) is 0.575. The Hall–Kier alpha value is -1.89. The number of rotatable bonds is 8. The molecule has 1 unspecified atom stereocenters. The van der Waals surface area contributed by atoms with Crippen molar-refractivity contribution >= 4 is 17.3 Å². The van der Waals surface area contributed by atoms with Gasteiger partial charge in [-0.15, -0.1) is 0 Å². The molecule has 33 heavy (non-hydrogen) atoms. The van der Waals surface area contributed by atoms with Crippen LogP contribution in [0, 0.1) is 17.8 Å². The van der Waals surface area contributed by atoms with Crippen LogP contribution in [0.1, 0.15) is 37.0 Å². The summed E-state index contributed by atoms with van der Waals surface area (Å²) in [6.45, 7) is 7.94. The fraction of sp³-hybridized carbons (Fsp3) is 0.593. The van der Waals surface area contributed by atoms with E-state index in [4.69, 9.17) is 16.6 Å². The Morgan fingerprint density at radius 3 is 2.58 bits per heavy atom. The summed E-state index contributed by atoms with van der Waals surface area (Å²) < 4.78 is 5.36. The number of nitrogens with one attached hydrogen (secondary N) is 2. The first kappa shape index (κ1) is 22.9. The first-order chi connectivity index (χ1) is 16.2. The number of thiocarbonyl (C=S) groups is 1. The Balaban J connectivity index is 1.02. The molecule has 0 radical (unpaired) electrons. The average Bonchev–Trinajstić information content (AvgIpc) is 3.38. The highest BCUT2D eigenvalue weighted by Gasteiger charge is 2.40. The number of benzene rings is 1. The number of piperidine rings is 4. The number of hydrogen-bond donors (Lipinski definition) is 2. The molecule has 0 aliphatic carbocycles. The lowest BCUT2D eigenvalue weighted by atomic mass is 9.75. The smallest absolute Gasteiger partial charge is 0.166 e. The van der Waals surface area contributed by atoms with Crippen molar-refractivity contribution in [1.29, 1.82) is 0 Å². The monoisotopic (exact) mass is 466 g/mol. The van der Waals surface area contributed by atoms with Gasteiger partial charge in [-0.3, -0.25) is 4.90 Å². The molecule has 5 heterocycles. The van der Waals surface area contributed by atoms with Crippen molar-refractivity contribution in [3.8, 4) is 0 Å². The van der Waals surface area contributed by atoms with Gasteiger partial charge in [0.1, 0.15) is 5.76 Å². The molecule has 2 bridgehead atoms. The van der Waals surface area contributed by atoms with Crippen molar-refractivity contribution < 1.29 is 4.42 Å². The van der Waals surface area contributed by atoms with Gasteiger partial charge in [0.2, 0.25) is 0 Å². The second kappa shape index (κ2) is 11.0. The van der Waals surface area contributed by atoms with Crippen LogP contribution in [0.2, 0.25) is 0 Å². The molecule has 2 aromatic rings. The molecule has 4 aliphatic rings. The van der Waals surface area contributed by atoms with Crippen LogP contribution in [0.25, 0.3) is 0 Å². The molecule has 2 N–H and O–H groups in total. The third-order valence-electron chi connectivity index (χ3n) is 8.08. The van der Waals surface area contributed by atoms with Crippen molar-refractivity contribution in [3.63, 3.8) is 0 Å². The summed E-state index contributed by atoms with van der Waals surface area (Å²) in [6, 6.07) is 15.5. The van der Waals surface area contributed by atoms with E-state index in [1.54, 1.807) is 6.26 Å². The summed E-state index contributed by atoms with van der Waals surface area (Å²) >= 11 is 5.47. The third kappa shape index (κ3) is 6.17. The molecule has 0 amide bonds. The third-order valence-corrected chi connectivity index (χ3v) is 8.37. The molecule has 0 saturated carbocycles.